The molecule has 0 spiro atoms. The third-order valence-electron chi connectivity index (χ3n) is 6.88. The molecule has 0 unspecified atom stereocenters. The fraction of sp³-hybridized carbons (Fsp3) is 0.552. The van der Waals surface area contributed by atoms with Crippen LogP contribution in [-0.2, 0) is 34.4 Å². The Labute approximate surface area is 223 Å². The lowest BCUT2D eigenvalue weighted by atomic mass is 10.00. The van der Waals surface area contributed by atoms with Gasteiger partial charge in [0.15, 0.2) is 0 Å². The number of rotatable bonds is 8. The summed E-state index contributed by atoms with van der Waals surface area (Å²) in [6.45, 7) is 11.5. The van der Waals surface area contributed by atoms with Crippen molar-refractivity contribution >= 4 is 17.0 Å². The molecule has 2 aromatic heterocycles. The van der Waals surface area contributed by atoms with Gasteiger partial charge in [0.1, 0.15) is 17.5 Å². The molecule has 0 amide bonds. The van der Waals surface area contributed by atoms with Crippen molar-refractivity contribution in [1.82, 2.24) is 19.4 Å². The van der Waals surface area contributed by atoms with Gasteiger partial charge in [-0.3, -0.25) is 14.9 Å². The van der Waals surface area contributed by atoms with E-state index in [0.717, 1.165) is 60.6 Å². The van der Waals surface area contributed by atoms with E-state index >= 15 is 0 Å². The van der Waals surface area contributed by atoms with Crippen molar-refractivity contribution in [2.24, 2.45) is 13.0 Å². The Balaban J connectivity index is 1.68. The molecule has 0 bridgehead atoms. The molecule has 4 rings (SSSR count). The molecular weight excluding hydrogens is 484 g/mol. The first kappa shape index (κ1) is 28.0. The lowest BCUT2D eigenvalue weighted by molar-refractivity contribution is -0.160. The highest BCUT2D eigenvalue weighted by atomic mass is 16.6. The zero-order chi connectivity index (χ0) is 27.6. The zero-order valence-electron chi connectivity index (χ0n) is 23.3. The summed E-state index contributed by atoms with van der Waals surface area (Å²) in [4.78, 5) is 30.0. The summed E-state index contributed by atoms with van der Waals surface area (Å²) in [6.07, 6.45) is 2.90. The van der Waals surface area contributed by atoms with Gasteiger partial charge in [0.05, 0.1) is 17.1 Å². The summed E-state index contributed by atoms with van der Waals surface area (Å²) in [5, 5.41) is 13.4. The first-order chi connectivity index (χ1) is 17.9. The molecule has 9 heteroatoms. The second-order valence-electron chi connectivity index (χ2n) is 11.4. The van der Waals surface area contributed by atoms with E-state index < -0.39 is 23.7 Å². The minimum absolute atomic E-state index is 0.0214. The van der Waals surface area contributed by atoms with Gasteiger partial charge in [-0.05, 0) is 77.1 Å². The number of hydrogen-bond donors (Lipinski definition) is 2. The number of aromatic nitrogens is 3. The minimum Gasteiger partial charge on any atom is -0.459 e. The number of aliphatic hydroxyl groups excluding tert-OH is 1. The highest BCUT2D eigenvalue weighted by molar-refractivity contribution is 5.81. The smallest absolute Gasteiger partial charge is 0.326 e. The lowest BCUT2D eigenvalue weighted by Crippen LogP contribution is -2.47. The van der Waals surface area contributed by atoms with E-state index in [1.165, 1.54) is 0 Å². The molecule has 9 nitrogen and oxygen atoms in total. The molecule has 1 aromatic carbocycles. The van der Waals surface area contributed by atoms with Gasteiger partial charge in [-0.25, -0.2) is 4.98 Å². The van der Waals surface area contributed by atoms with Crippen LogP contribution in [0, 0.1) is 12.8 Å². The van der Waals surface area contributed by atoms with E-state index in [1.54, 1.807) is 39.3 Å². The highest BCUT2D eigenvalue weighted by Gasteiger charge is 2.28. The summed E-state index contributed by atoms with van der Waals surface area (Å²) >= 11 is 0. The summed E-state index contributed by atoms with van der Waals surface area (Å²) < 4.78 is 14.9. The summed E-state index contributed by atoms with van der Waals surface area (Å²) in [7, 11) is 1.76. The third kappa shape index (κ3) is 6.51. The number of benzene rings is 1. The molecule has 0 saturated carbocycles. The number of aryl methyl sites for hydroxylation is 2. The van der Waals surface area contributed by atoms with E-state index in [4.69, 9.17) is 14.5 Å². The Morgan fingerprint density at radius 3 is 2.61 bits per heavy atom. The van der Waals surface area contributed by atoms with Crippen LogP contribution in [0.4, 0.5) is 0 Å². The third-order valence-corrected chi connectivity index (χ3v) is 6.88. The van der Waals surface area contributed by atoms with E-state index in [9.17, 15) is 14.7 Å². The van der Waals surface area contributed by atoms with Gasteiger partial charge in [0.25, 0.3) is 5.56 Å². The average molecular weight is 525 g/mol. The average Bonchev–Trinajstić information content (AvgIpc) is 3.19. The topological polar surface area (TPSA) is 108 Å². The zero-order valence-corrected chi connectivity index (χ0v) is 23.3. The van der Waals surface area contributed by atoms with E-state index in [0.29, 0.717) is 18.0 Å². The molecule has 1 fully saturated rings. The number of carbonyl (C=O) groups excluding carboxylic acids is 1. The van der Waals surface area contributed by atoms with Crippen LogP contribution < -0.4 is 10.9 Å². The highest BCUT2D eigenvalue weighted by Crippen LogP contribution is 2.29. The van der Waals surface area contributed by atoms with Crippen molar-refractivity contribution in [3.63, 3.8) is 0 Å². The van der Waals surface area contributed by atoms with Crippen LogP contribution in [0.25, 0.3) is 22.4 Å². The van der Waals surface area contributed by atoms with Crippen LogP contribution in [0.15, 0.2) is 35.3 Å². The Morgan fingerprint density at radius 2 is 1.97 bits per heavy atom. The largest absolute Gasteiger partial charge is 0.459 e. The summed E-state index contributed by atoms with van der Waals surface area (Å²) in [6, 6.07) is 7.10. The fourth-order valence-corrected chi connectivity index (χ4v) is 4.91. The fourth-order valence-electron chi connectivity index (χ4n) is 4.91. The van der Waals surface area contributed by atoms with Crippen LogP contribution in [0.1, 0.15) is 51.7 Å². The molecule has 38 heavy (non-hydrogen) atoms. The number of carbonyl (C=O) groups is 1. The maximum atomic E-state index is 12.7. The number of fused-ring (bicyclic) bond motifs is 1. The molecular formula is C29H40N4O5. The Kier molecular flexibility index (Phi) is 8.40. The summed E-state index contributed by atoms with van der Waals surface area (Å²) in [5.74, 6) is 0.804. The predicted octanol–water partition coefficient (Wildman–Crippen LogP) is 3.32. The number of pyridine rings is 1. The van der Waals surface area contributed by atoms with Gasteiger partial charge >= 0.3 is 5.97 Å². The molecule has 0 aliphatic carbocycles. The Morgan fingerprint density at radius 1 is 1.26 bits per heavy atom. The standard InChI is InChI=1S/C29H40N4O5/c1-18-13-22(17-32(6)27(18)35)26-31-23-8-7-21(14-24(23)33(26)16-20-9-11-37-12-10-20)15-30-25(19(2)34)28(36)38-29(3,4)5/h7-8,13-14,17,19-20,25,30,34H,9-12,15-16H2,1-6H3/t19-,25-/m1/s1. The molecule has 3 aromatic rings. The van der Waals surface area contributed by atoms with Crippen molar-refractivity contribution in [2.45, 2.75) is 78.3 Å². The van der Waals surface area contributed by atoms with Gasteiger partial charge in [-0.2, -0.15) is 0 Å². The molecule has 206 valence electrons. The van der Waals surface area contributed by atoms with Crippen LogP contribution >= 0.6 is 0 Å². The van der Waals surface area contributed by atoms with E-state index in [-0.39, 0.29) is 5.56 Å². The monoisotopic (exact) mass is 524 g/mol. The first-order valence-corrected chi connectivity index (χ1v) is 13.3. The van der Waals surface area contributed by atoms with Crippen molar-refractivity contribution in [3.8, 4) is 11.4 Å². The van der Waals surface area contributed by atoms with Crippen LogP contribution in [-0.4, -0.2) is 56.2 Å². The molecule has 3 heterocycles. The normalized spacial score (nSPS) is 16.5. The number of aliphatic hydroxyl groups is 1. The van der Waals surface area contributed by atoms with Crippen molar-refractivity contribution in [1.29, 1.82) is 0 Å². The number of nitrogens with one attached hydrogen (secondary N) is 1. The van der Waals surface area contributed by atoms with Crippen LogP contribution in [0.3, 0.4) is 0 Å². The maximum absolute atomic E-state index is 12.7. The lowest BCUT2D eigenvalue weighted by Gasteiger charge is -2.26. The van der Waals surface area contributed by atoms with Gasteiger partial charge in [0, 0.05) is 50.7 Å². The molecule has 0 radical (unpaired) electrons. The van der Waals surface area contributed by atoms with Gasteiger partial charge in [0.2, 0.25) is 0 Å². The quantitative estimate of drug-likeness (QED) is 0.435. The maximum Gasteiger partial charge on any atom is 0.326 e. The Hall–Kier alpha value is -3.01. The van der Waals surface area contributed by atoms with E-state index in [2.05, 4.69) is 16.0 Å². The summed E-state index contributed by atoms with van der Waals surface area (Å²) in [5.41, 5.74) is 3.72. The van der Waals surface area contributed by atoms with E-state index in [1.807, 2.05) is 31.3 Å². The molecule has 1 aliphatic rings. The number of imidazole rings is 1. The molecule has 2 N–H and O–H groups in total. The molecule has 1 saturated heterocycles. The van der Waals surface area contributed by atoms with Crippen molar-refractivity contribution in [3.05, 3.63) is 51.9 Å². The number of nitrogens with zero attached hydrogens (tertiary/aromatic N) is 3. The SMILES string of the molecule is Cc1cc(-c2nc3ccc(CN[C@@H](C(=O)OC(C)(C)C)[C@@H](C)O)cc3n2CC2CCOCC2)cn(C)c1=O. The number of esters is 1. The predicted molar refractivity (Wildman–Crippen MR) is 147 cm³/mol. The van der Waals surface area contributed by atoms with Gasteiger partial charge < -0.3 is 23.7 Å². The van der Waals surface area contributed by atoms with Crippen molar-refractivity contribution in [2.75, 3.05) is 13.2 Å². The van der Waals surface area contributed by atoms with Gasteiger partial charge in [-0.15, -0.1) is 0 Å². The molecule has 1 aliphatic heterocycles. The number of hydrogen-bond acceptors (Lipinski definition) is 7. The molecule has 2 atom stereocenters. The minimum atomic E-state index is -0.910. The van der Waals surface area contributed by atoms with Crippen LogP contribution in [0.5, 0.6) is 0 Å². The number of ether oxygens (including phenoxy) is 2. The second kappa shape index (κ2) is 11.4. The van der Waals surface area contributed by atoms with Gasteiger partial charge in [-0.1, -0.05) is 6.07 Å². The second-order valence-corrected chi connectivity index (χ2v) is 11.4. The Bertz CT molecular complexity index is 1320. The van der Waals surface area contributed by atoms with Crippen LogP contribution in [0.2, 0.25) is 0 Å². The first-order valence-electron chi connectivity index (χ1n) is 13.3. The van der Waals surface area contributed by atoms with Crippen molar-refractivity contribution < 1.29 is 19.4 Å².